The lowest BCUT2D eigenvalue weighted by molar-refractivity contribution is -0.252. The molecule has 1 saturated heterocycles. The second-order valence-corrected chi connectivity index (χ2v) is 8.00. The largest absolute Gasteiger partial charge is 0.479 e. The van der Waals surface area contributed by atoms with Crippen molar-refractivity contribution in [3.63, 3.8) is 0 Å². The number of nitrogens with two attached hydrogens (primary N) is 1. The third-order valence-electron chi connectivity index (χ3n) is 5.39. The highest BCUT2D eigenvalue weighted by atomic mass is 19.4. The van der Waals surface area contributed by atoms with Crippen LogP contribution >= 0.6 is 0 Å². The fraction of sp³-hybridized carbons (Fsp3) is 0.650. The van der Waals surface area contributed by atoms with Gasteiger partial charge in [0.05, 0.1) is 7.11 Å². The molecule has 5 atom stereocenters. The Morgan fingerprint density at radius 2 is 1.89 bits per heavy atom. The van der Waals surface area contributed by atoms with Crippen molar-refractivity contribution in [3.8, 4) is 5.88 Å². The van der Waals surface area contributed by atoms with Gasteiger partial charge in [0, 0.05) is 20.4 Å². The smallest absolute Gasteiger partial charge is 0.428 e. The van der Waals surface area contributed by atoms with Crippen LogP contribution in [0.2, 0.25) is 0 Å². The van der Waals surface area contributed by atoms with Crippen molar-refractivity contribution in [3.05, 3.63) is 10.5 Å². The van der Waals surface area contributed by atoms with Crippen molar-refractivity contribution < 1.29 is 46.1 Å². The van der Waals surface area contributed by atoms with E-state index in [4.69, 9.17) is 19.9 Å². The number of anilines is 1. The average molecular weight is 523 g/mol. The first-order chi connectivity index (χ1) is 16.8. The lowest BCUT2D eigenvalue weighted by Crippen LogP contribution is -2.47. The van der Waals surface area contributed by atoms with E-state index in [0.29, 0.717) is 19.8 Å². The minimum absolute atomic E-state index is 0.0292. The summed E-state index contributed by atoms with van der Waals surface area (Å²) in [6, 6.07) is 0. The van der Waals surface area contributed by atoms with Gasteiger partial charge in [0.15, 0.2) is 29.7 Å². The van der Waals surface area contributed by atoms with Gasteiger partial charge in [0.1, 0.15) is 6.10 Å². The van der Waals surface area contributed by atoms with Crippen LogP contribution in [0.15, 0.2) is 4.79 Å². The van der Waals surface area contributed by atoms with Crippen LogP contribution in [0.4, 0.5) is 23.5 Å². The van der Waals surface area contributed by atoms with E-state index in [1.165, 1.54) is 11.7 Å². The fourth-order valence-electron chi connectivity index (χ4n) is 3.97. The number of imidazole rings is 1. The Morgan fingerprint density at radius 3 is 2.42 bits per heavy atom. The zero-order valence-corrected chi connectivity index (χ0v) is 19.7. The quantitative estimate of drug-likeness (QED) is 0.400. The zero-order valence-electron chi connectivity index (χ0n) is 19.7. The molecule has 0 amide bonds. The summed E-state index contributed by atoms with van der Waals surface area (Å²) < 4.78 is 78.2. The Labute approximate surface area is 201 Å². The number of ether oxygens (including phenoxy) is 4. The molecule has 1 aliphatic rings. The molecule has 0 saturated carbocycles. The van der Waals surface area contributed by atoms with Gasteiger partial charge in [-0.2, -0.15) is 23.1 Å². The maximum atomic E-state index is 15.4. The first-order valence-corrected chi connectivity index (χ1v) is 10.8. The molecule has 1 aliphatic heterocycles. The zero-order chi connectivity index (χ0) is 26.9. The molecule has 0 aliphatic carbocycles. The molecule has 36 heavy (non-hydrogen) atoms. The number of unbranched alkanes of at least 4 members (excludes halogenated alkanes) is 1. The van der Waals surface area contributed by atoms with Gasteiger partial charge in [-0.1, -0.05) is 13.3 Å². The Morgan fingerprint density at radius 1 is 1.22 bits per heavy atom. The Hall–Kier alpha value is -3.43. The van der Waals surface area contributed by atoms with E-state index < -0.39 is 54.5 Å². The topological polar surface area (TPSA) is 150 Å². The van der Waals surface area contributed by atoms with Crippen LogP contribution in [0, 0.1) is 0 Å². The van der Waals surface area contributed by atoms with Crippen molar-refractivity contribution in [2.45, 2.75) is 77.0 Å². The number of esters is 2. The van der Waals surface area contributed by atoms with Crippen LogP contribution in [0.3, 0.4) is 0 Å². The predicted molar refractivity (Wildman–Crippen MR) is 114 cm³/mol. The minimum atomic E-state index is -5.24. The van der Waals surface area contributed by atoms with Gasteiger partial charge in [-0.05, 0) is 6.42 Å². The van der Waals surface area contributed by atoms with Gasteiger partial charge in [0.25, 0.3) is 0 Å². The van der Waals surface area contributed by atoms with E-state index in [1.54, 1.807) is 0 Å². The number of hydrogen-bond acceptors (Lipinski definition) is 10. The molecule has 0 bridgehead atoms. The Kier molecular flexibility index (Phi) is 7.76. The van der Waals surface area contributed by atoms with Gasteiger partial charge >= 0.3 is 23.8 Å². The molecule has 3 heterocycles. The third kappa shape index (κ3) is 5.08. The van der Waals surface area contributed by atoms with E-state index in [2.05, 4.69) is 14.7 Å². The molecule has 0 unspecified atom stereocenters. The van der Waals surface area contributed by atoms with Gasteiger partial charge < -0.3 is 24.7 Å². The molecule has 2 aromatic rings. The highest BCUT2D eigenvalue weighted by Crippen LogP contribution is 2.41. The Balaban J connectivity index is 2.25. The standard InChI is InChI=1S/C20H25F4N5O7/c1-5-6-7-28-11-15(26-18(25)27-16(11)33-4)29(19(28)32)17-13(34-8(2)30)10(21)12(36-17)14(20(22,23)24)35-9(3)31/h10,12-14,17H,5-7H2,1-4H3,(H2,25,26,27)/t10-,12-,13+,14+,17+/m0/s1. The van der Waals surface area contributed by atoms with E-state index in [-0.39, 0.29) is 29.5 Å². The van der Waals surface area contributed by atoms with Crippen molar-refractivity contribution in [2.75, 3.05) is 12.8 Å². The maximum Gasteiger partial charge on any atom is 0.428 e. The number of carbonyl (C=O) groups excluding carboxylic acids is 2. The van der Waals surface area contributed by atoms with Crippen LogP contribution in [-0.4, -0.2) is 68.8 Å². The van der Waals surface area contributed by atoms with E-state index in [0.717, 1.165) is 11.5 Å². The maximum absolute atomic E-state index is 15.4. The normalized spacial score (nSPS) is 23.0. The summed E-state index contributed by atoms with van der Waals surface area (Å²) >= 11 is 0. The van der Waals surface area contributed by atoms with Crippen LogP contribution < -0.4 is 16.2 Å². The molecule has 0 aromatic carbocycles. The SMILES string of the molecule is CCCCn1c(=O)n([C@@H]2O[C@H]([C@@H](OC(C)=O)C(F)(F)F)[C@H](F)[C@H]2OC(C)=O)c2nc(N)nc(OC)c21. The molecule has 0 spiro atoms. The predicted octanol–water partition coefficient (Wildman–Crippen LogP) is 1.65. The third-order valence-corrected chi connectivity index (χ3v) is 5.39. The highest BCUT2D eigenvalue weighted by molar-refractivity contribution is 5.78. The van der Waals surface area contributed by atoms with Crippen molar-refractivity contribution in [2.24, 2.45) is 0 Å². The second kappa shape index (κ2) is 10.3. The summed E-state index contributed by atoms with van der Waals surface area (Å²) in [7, 11) is 1.25. The number of methoxy groups -OCH3 is 1. The number of halogens is 4. The molecule has 12 nitrogen and oxygen atoms in total. The van der Waals surface area contributed by atoms with Crippen molar-refractivity contribution in [1.82, 2.24) is 19.1 Å². The number of nitrogen functional groups attached to an aromatic ring is 1. The minimum Gasteiger partial charge on any atom is -0.479 e. The molecular formula is C20H25F4N5O7. The summed E-state index contributed by atoms with van der Waals surface area (Å²) in [6.45, 7) is 3.59. The number of carbonyl (C=O) groups is 2. The number of aromatic nitrogens is 4. The first-order valence-electron chi connectivity index (χ1n) is 10.8. The average Bonchev–Trinajstić information content (AvgIpc) is 3.21. The van der Waals surface area contributed by atoms with E-state index in [9.17, 15) is 27.6 Å². The molecule has 16 heteroatoms. The van der Waals surface area contributed by atoms with Gasteiger partial charge in [0.2, 0.25) is 17.9 Å². The lowest BCUT2D eigenvalue weighted by atomic mass is 10.1. The van der Waals surface area contributed by atoms with Crippen molar-refractivity contribution in [1.29, 1.82) is 0 Å². The fourth-order valence-corrected chi connectivity index (χ4v) is 3.97. The molecule has 2 aromatic heterocycles. The number of fused-ring (bicyclic) bond motifs is 1. The van der Waals surface area contributed by atoms with Crippen LogP contribution in [-0.2, 0) is 30.3 Å². The molecular weight excluding hydrogens is 498 g/mol. The highest BCUT2D eigenvalue weighted by Gasteiger charge is 2.60. The van der Waals surface area contributed by atoms with Gasteiger partial charge in [-0.25, -0.2) is 13.8 Å². The van der Waals surface area contributed by atoms with Crippen LogP contribution in [0.5, 0.6) is 5.88 Å². The number of alkyl halides is 4. The summed E-state index contributed by atoms with van der Waals surface area (Å²) in [5.41, 5.74) is 4.64. The summed E-state index contributed by atoms with van der Waals surface area (Å²) in [4.78, 5) is 44.4. The number of nitrogens with zero attached hydrogens (tertiary/aromatic N) is 4. The van der Waals surface area contributed by atoms with E-state index in [1.807, 2.05) is 6.92 Å². The number of aryl methyl sites for hydroxylation is 1. The molecule has 200 valence electrons. The molecule has 2 N–H and O–H groups in total. The molecule has 0 radical (unpaired) electrons. The number of rotatable bonds is 8. The van der Waals surface area contributed by atoms with Crippen LogP contribution in [0.1, 0.15) is 39.8 Å². The summed E-state index contributed by atoms with van der Waals surface area (Å²) in [5.74, 6) is -2.88. The summed E-state index contributed by atoms with van der Waals surface area (Å²) in [6.07, 6.45) is -16.2. The van der Waals surface area contributed by atoms with E-state index >= 15 is 4.39 Å². The Bertz CT molecular complexity index is 1200. The van der Waals surface area contributed by atoms with Crippen molar-refractivity contribution >= 4 is 29.1 Å². The summed E-state index contributed by atoms with van der Waals surface area (Å²) in [5, 5.41) is 0. The lowest BCUT2D eigenvalue weighted by Gasteiger charge is -2.26. The first kappa shape index (κ1) is 27.2. The molecule has 1 fully saturated rings. The second-order valence-electron chi connectivity index (χ2n) is 8.00. The molecule has 3 rings (SSSR count). The van der Waals surface area contributed by atoms with Gasteiger partial charge in [-0.3, -0.25) is 14.2 Å². The monoisotopic (exact) mass is 523 g/mol. The van der Waals surface area contributed by atoms with Gasteiger partial charge in [-0.15, -0.1) is 0 Å². The van der Waals surface area contributed by atoms with Crippen LogP contribution in [0.25, 0.3) is 11.2 Å². The number of hydrogen-bond donors (Lipinski definition) is 1.